The summed E-state index contributed by atoms with van der Waals surface area (Å²) in [5, 5.41) is 5.28. The molecule has 1 atom stereocenters. The van der Waals surface area contributed by atoms with E-state index in [9.17, 15) is 14.0 Å². The Kier molecular flexibility index (Phi) is 5.51. The van der Waals surface area contributed by atoms with E-state index in [1.54, 1.807) is 30.3 Å². The van der Waals surface area contributed by atoms with Crippen molar-refractivity contribution in [2.75, 3.05) is 7.05 Å². The molecule has 0 fully saturated rings. The average molecular weight is 343 g/mol. The maximum absolute atomic E-state index is 13.4. The van der Waals surface area contributed by atoms with Gasteiger partial charge < -0.3 is 10.6 Å². The third-order valence-electron chi connectivity index (χ3n) is 3.75. The van der Waals surface area contributed by atoms with Crippen molar-refractivity contribution in [1.29, 1.82) is 0 Å². The van der Waals surface area contributed by atoms with Crippen LogP contribution < -0.4 is 10.6 Å². The van der Waals surface area contributed by atoms with E-state index in [1.807, 2.05) is 20.8 Å². The van der Waals surface area contributed by atoms with Gasteiger partial charge >= 0.3 is 0 Å². The zero-order valence-electron chi connectivity index (χ0n) is 14.8. The molecule has 0 saturated heterocycles. The molecule has 1 aromatic carbocycles. The van der Waals surface area contributed by atoms with Gasteiger partial charge in [-0.25, -0.2) is 9.37 Å². The number of benzene rings is 1. The van der Waals surface area contributed by atoms with E-state index in [0.717, 1.165) is 0 Å². The van der Waals surface area contributed by atoms with Crippen molar-refractivity contribution in [3.05, 3.63) is 54.0 Å². The molecule has 1 heterocycles. The molecule has 2 rings (SSSR count). The summed E-state index contributed by atoms with van der Waals surface area (Å²) in [7, 11) is 1.52. The molecule has 0 aliphatic heterocycles. The molecule has 2 amide bonds. The van der Waals surface area contributed by atoms with Crippen molar-refractivity contribution in [1.82, 2.24) is 15.6 Å². The summed E-state index contributed by atoms with van der Waals surface area (Å²) in [4.78, 5) is 28.9. The number of nitrogens with zero attached hydrogens (tertiary/aromatic N) is 1. The molecule has 0 aliphatic rings. The highest BCUT2D eigenvalue weighted by atomic mass is 19.1. The number of hydrogen-bond acceptors (Lipinski definition) is 3. The number of carbonyl (C=O) groups excluding carboxylic acids is 2. The second-order valence-corrected chi connectivity index (χ2v) is 6.81. The first-order chi connectivity index (χ1) is 11.7. The predicted molar refractivity (Wildman–Crippen MR) is 94.4 cm³/mol. The van der Waals surface area contributed by atoms with E-state index in [-0.39, 0.29) is 17.4 Å². The fraction of sp³-hybridized carbons (Fsp3) is 0.316. The number of likely N-dealkylation sites (N-methyl/N-ethyl adjacent to an activating group) is 1. The Bertz CT molecular complexity index is 784. The van der Waals surface area contributed by atoms with Crippen LogP contribution in [0.1, 0.15) is 31.3 Å². The van der Waals surface area contributed by atoms with Crippen molar-refractivity contribution in [3.63, 3.8) is 0 Å². The van der Waals surface area contributed by atoms with Crippen LogP contribution in [0.3, 0.4) is 0 Å². The third kappa shape index (κ3) is 4.62. The highest BCUT2D eigenvalue weighted by molar-refractivity contribution is 5.96. The minimum Gasteiger partial charge on any atom is -0.357 e. The lowest BCUT2D eigenvalue weighted by molar-refractivity contribution is -0.124. The van der Waals surface area contributed by atoms with Gasteiger partial charge in [-0.2, -0.15) is 0 Å². The highest BCUT2D eigenvalue weighted by Gasteiger charge is 2.32. The Morgan fingerprint density at radius 3 is 2.40 bits per heavy atom. The summed E-state index contributed by atoms with van der Waals surface area (Å²) in [5.41, 5.74) is 0.767. The van der Waals surface area contributed by atoms with Gasteiger partial charge in [-0.15, -0.1) is 0 Å². The quantitative estimate of drug-likeness (QED) is 0.897. The summed E-state index contributed by atoms with van der Waals surface area (Å²) in [6, 6.07) is 10.2. The van der Waals surface area contributed by atoms with Crippen LogP contribution in [0.4, 0.5) is 4.39 Å². The molecule has 0 saturated carbocycles. The molecule has 6 heteroatoms. The van der Waals surface area contributed by atoms with Crippen LogP contribution >= 0.6 is 0 Å². The fourth-order valence-corrected chi connectivity index (χ4v) is 2.39. The maximum Gasteiger partial charge on any atom is 0.270 e. The van der Waals surface area contributed by atoms with Crippen molar-refractivity contribution >= 4 is 11.8 Å². The largest absolute Gasteiger partial charge is 0.357 e. The summed E-state index contributed by atoms with van der Waals surface area (Å²) in [6.45, 7) is 5.59. The molecule has 0 spiro atoms. The van der Waals surface area contributed by atoms with Gasteiger partial charge in [-0.1, -0.05) is 39.0 Å². The van der Waals surface area contributed by atoms with Gasteiger partial charge in [0, 0.05) is 12.6 Å². The van der Waals surface area contributed by atoms with Crippen LogP contribution in [-0.4, -0.2) is 29.9 Å². The molecule has 25 heavy (non-hydrogen) atoms. The smallest absolute Gasteiger partial charge is 0.270 e. The number of amides is 2. The molecular formula is C19H22FN3O2. The lowest BCUT2D eigenvalue weighted by Gasteiger charge is -2.29. The Morgan fingerprint density at radius 2 is 1.80 bits per heavy atom. The fourth-order valence-electron chi connectivity index (χ4n) is 2.39. The Balaban J connectivity index is 2.28. The number of pyridine rings is 1. The van der Waals surface area contributed by atoms with Crippen molar-refractivity contribution in [2.45, 2.75) is 26.8 Å². The molecule has 0 aliphatic carbocycles. The first-order valence-corrected chi connectivity index (χ1v) is 7.98. The molecule has 5 nitrogen and oxygen atoms in total. The minimum atomic E-state index is -0.704. The Hall–Kier alpha value is -2.76. The molecule has 2 N–H and O–H groups in total. The van der Waals surface area contributed by atoms with Gasteiger partial charge in [0.05, 0.1) is 5.69 Å². The SMILES string of the molecule is CNC(=O)[C@@H](NC(=O)c1cccc(-c2cccc(F)c2)n1)C(C)(C)C. The van der Waals surface area contributed by atoms with Gasteiger partial charge in [0.25, 0.3) is 5.91 Å². The predicted octanol–water partition coefficient (Wildman–Crippen LogP) is 2.78. The highest BCUT2D eigenvalue weighted by Crippen LogP contribution is 2.21. The summed E-state index contributed by atoms with van der Waals surface area (Å²) in [5.74, 6) is -1.11. The van der Waals surface area contributed by atoms with Crippen molar-refractivity contribution in [2.24, 2.45) is 5.41 Å². The summed E-state index contributed by atoms with van der Waals surface area (Å²) in [6.07, 6.45) is 0. The maximum atomic E-state index is 13.4. The molecule has 0 radical (unpaired) electrons. The second-order valence-electron chi connectivity index (χ2n) is 6.81. The summed E-state index contributed by atoms with van der Waals surface area (Å²) >= 11 is 0. The molecule has 132 valence electrons. The van der Waals surface area contributed by atoms with Gasteiger partial charge in [0.1, 0.15) is 17.6 Å². The van der Waals surface area contributed by atoms with Gasteiger partial charge in [0.15, 0.2) is 0 Å². The van der Waals surface area contributed by atoms with Crippen LogP contribution in [-0.2, 0) is 4.79 Å². The van der Waals surface area contributed by atoms with E-state index in [4.69, 9.17) is 0 Å². The molecule has 0 unspecified atom stereocenters. The Labute approximate surface area is 146 Å². The average Bonchev–Trinajstić information content (AvgIpc) is 2.58. The van der Waals surface area contributed by atoms with Crippen LogP contribution in [0.25, 0.3) is 11.3 Å². The first kappa shape index (κ1) is 18.6. The van der Waals surface area contributed by atoms with Gasteiger partial charge in [-0.05, 0) is 29.7 Å². The number of aromatic nitrogens is 1. The van der Waals surface area contributed by atoms with E-state index in [0.29, 0.717) is 11.3 Å². The number of halogens is 1. The van der Waals surface area contributed by atoms with E-state index >= 15 is 0 Å². The number of carbonyl (C=O) groups is 2. The van der Waals surface area contributed by atoms with Crippen LogP contribution in [0.15, 0.2) is 42.5 Å². The van der Waals surface area contributed by atoms with E-state index < -0.39 is 17.4 Å². The monoisotopic (exact) mass is 343 g/mol. The van der Waals surface area contributed by atoms with Crippen molar-refractivity contribution in [3.8, 4) is 11.3 Å². The topological polar surface area (TPSA) is 71.1 Å². The van der Waals surface area contributed by atoms with Gasteiger partial charge in [-0.3, -0.25) is 9.59 Å². The molecule has 2 aromatic rings. The normalized spacial score (nSPS) is 12.4. The Morgan fingerprint density at radius 1 is 1.12 bits per heavy atom. The summed E-state index contributed by atoms with van der Waals surface area (Å²) < 4.78 is 13.4. The van der Waals surface area contributed by atoms with Gasteiger partial charge in [0.2, 0.25) is 5.91 Å². The van der Waals surface area contributed by atoms with E-state index in [2.05, 4.69) is 15.6 Å². The zero-order chi connectivity index (χ0) is 18.6. The standard InChI is InChI=1S/C19H22FN3O2/c1-19(2,3)16(18(25)21-4)23-17(24)15-10-6-9-14(22-15)12-7-5-8-13(20)11-12/h5-11,16H,1-4H3,(H,21,25)(H,23,24)/t16-/m1/s1. The van der Waals surface area contributed by atoms with Crippen molar-refractivity contribution < 1.29 is 14.0 Å². The first-order valence-electron chi connectivity index (χ1n) is 7.98. The lowest BCUT2D eigenvalue weighted by atomic mass is 9.86. The molecule has 0 bridgehead atoms. The van der Waals surface area contributed by atoms with Crippen LogP contribution in [0, 0.1) is 11.2 Å². The molecule has 1 aromatic heterocycles. The minimum absolute atomic E-state index is 0.167. The third-order valence-corrected chi connectivity index (χ3v) is 3.75. The zero-order valence-corrected chi connectivity index (χ0v) is 14.8. The molecular weight excluding hydrogens is 321 g/mol. The number of nitrogens with one attached hydrogen (secondary N) is 2. The lowest BCUT2D eigenvalue weighted by Crippen LogP contribution is -2.53. The van der Waals surface area contributed by atoms with E-state index in [1.165, 1.54) is 19.2 Å². The number of rotatable bonds is 4. The number of hydrogen-bond donors (Lipinski definition) is 2. The second kappa shape index (κ2) is 7.42. The van der Waals surface area contributed by atoms with Crippen LogP contribution in [0.5, 0.6) is 0 Å². The van der Waals surface area contributed by atoms with Crippen LogP contribution in [0.2, 0.25) is 0 Å².